The maximum Gasteiger partial charge on any atom is 0.332 e. The van der Waals surface area contributed by atoms with Crippen molar-refractivity contribution in [1.82, 2.24) is 19.1 Å². The summed E-state index contributed by atoms with van der Waals surface area (Å²) in [5.74, 6) is 0.420. The molecule has 0 atom stereocenters. The Morgan fingerprint density at radius 3 is 2.72 bits per heavy atom. The van der Waals surface area contributed by atoms with Crippen LogP contribution in [-0.4, -0.2) is 25.6 Å². The minimum Gasteiger partial charge on any atom is -0.351 e. The van der Waals surface area contributed by atoms with Crippen molar-refractivity contribution in [1.29, 1.82) is 0 Å². The molecule has 0 unspecified atom stereocenters. The maximum atomic E-state index is 11.9. The van der Waals surface area contributed by atoms with Gasteiger partial charge in [0.1, 0.15) is 0 Å². The van der Waals surface area contributed by atoms with Crippen molar-refractivity contribution < 1.29 is 0 Å². The minimum atomic E-state index is -0.407. The zero-order valence-electron chi connectivity index (χ0n) is 9.95. The third-order valence-corrected chi connectivity index (χ3v) is 2.82. The summed E-state index contributed by atoms with van der Waals surface area (Å²) in [6.45, 7) is 4.15. The Kier molecular flexibility index (Phi) is 3.12. The lowest BCUT2D eigenvalue weighted by molar-refractivity contribution is 0.709. The van der Waals surface area contributed by atoms with E-state index < -0.39 is 11.2 Å². The zero-order chi connectivity index (χ0) is 13.4. The van der Waals surface area contributed by atoms with Crippen molar-refractivity contribution in [3.05, 3.63) is 31.9 Å². The normalized spacial score (nSPS) is 10.8. The largest absolute Gasteiger partial charge is 0.351 e. The van der Waals surface area contributed by atoms with Crippen LogP contribution in [0.5, 0.6) is 0 Å². The Balaban J connectivity index is 2.61. The van der Waals surface area contributed by atoms with Gasteiger partial charge in [-0.25, -0.2) is 4.79 Å². The van der Waals surface area contributed by atoms with Crippen LogP contribution >= 0.6 is 15.9 Å². The Morgan fingerprint density at radius 1 is 1.44 bits per heavy atom. The molecule has 0 fully saturated rings. The third kappa shape index (κ3) is 1.99. The summed E-state index contributed by atoms with van der Waals surface area (Å²) in [6, 6.07) is 0. The Hall–Kier alpha value is -1.83. The van der Waals surface area contributed by atoms with Crippen molar-refractivity contribution >= 4 is 33.0 Å². The van der Waals surface area contributed by atoms with E-state index in [1.54, 1.807) is 7.05 Å². The van der Waals surface area contributed by atoms with Gasteiger partial charge in [0.25, 0.3) is 5.56 Å². The number of aromatic amines is 1. The lowest BCUT2D eigenvalue weighted by Crippen LogP contribution is -2.36. The van der Waals surface area contributed by atoms with Gasteiger partial charge in [0.05, 0.1) is 0 Å². The SMILES string of the molecule is C=C(Br)CNc1nc2c([nH]1)c(=O)n(C)c(=O)n2C. The Labute approximate surface area is 110 Å². The highest BCUT2D eigenvalue weighted by Crippen LogP contribution is 2.09. The molecule has 0 radical (unpaired) electrons. The van der Waals surface area contributed by atoms with E-state index in [4.69, 9.17) is 0 Å². The molecule has 2 N–H and O–H groups in total. The summed E-state index contributed by atoms with van der Waals surface area (Å²) in [5, 5.41) is 2.95. The van der Waals surface area contributed by atoms with Gasteiger partial charge in [0.15, 0.2) is 11.2 Å². The molecular formula is C10H12BrN5O2. The number of hydrogen-bond donors (Lipinski definition) is 2. The van der Waals surface area contributed by atoms with Crippen molar-refractivity contribution in [2.45, 2.75) is 0 Å². The van der Waals surface area contributed by atoms with Gasteiger partial charge in [-0.3, -0.25) is 13.9 Å². The smallest absolute Gasteiger partial charge is 0.332 e. The molecule has 2 aromatic rings. The second-order valence-corrected chi connectivity index (χ2v) is 4.98. The monoisotopic (exact) mass is 313 g/mol. The molecule has 0 saturated carbocycles. The number of imidazole rings is 1. The number of anilines is 1. The minimum absolute atomic E-state index is 0.294. The number of nitrogens with one attached hydrogen (secondary N) is 2. The van der Waals surface area contributed by atoms with E-state index >= 15 is 0 Å². The summed E-state index contributed by atoms with van der Waals surface area (Å²) < 4.78 is 3.11. The number of aryl methyl sites for hydroxylation is 1. The molecule has 0 aliphatic carbocycles. The van der Waals surface area contributed by atoms with Crippen LogP contribution in [0.25, 0.3) is 11.2 Å². The van der Waals surface area contributed by atoms with E-state index in [0.29, 0.717) is 23.7 Å². The second-order valence-electron chi connectivity index (χ2n) is 3.86. The van der Waals surface area contributed by atoms with Crippen LogP contribution in [0, 0.1) is 0 Å². The summed E-state index contributed by atoms with van der Waals surface area (Å²) in [7, 11) is 3.00. The van der Waals surface area contributed by atoms with E-state index in [9.17, 15) is 9.59 Å². The highest BCUT2D eigenvalue weighted by molar-refractivity contribution is 9.11. The molecule has 0 aliphatic rings. The fraction of sp³-hybridized carbons (Fsp3) is 0.300. The highest BCUT2D eigenvalue weighted by atomic mass is 79.9. The predicted molar refractivity (Wildman–Crippen MR) is 73.1 cm³/mol. The number of H-pyrrole nitrogens is 1. The molecule has 96 valence electrons. The predicted octanol–water partition coefficient (Wildman–Crippen LogP) is 0.281. The summed E-state index contributed by atoms with van der Waals surface area (Å²) in [4.78, 5) is 30.6. The standard InChI is InChI=1S/C10H12BrN5O2/c1-5(11)4-12-9-13-6-7(14-9)15(2)10(18)16(3)8(6)17/h1,4H2,2-3H3,(H2,12,13,14). The van der Waals surface area contributed by atoms with Crippen molar-refractivity contribution in [2.75, 3.05) is 11.9 Å². The molecule has 0 amide bonds. The summed E-state index contributed by atoms with van der Waals surface area (Å²) >= 11 is 3.21. The van der Waals surface area contributed by atoms with E-state index in [1.807, 2.05) is 0 Å². The molecule has 2 rings (SSSR count). The lowest BCUT2D eigenvalue weighted by Gasteiger charge is -2.00. The topological polar surface area (TPSA) is 84.7 Å². The second kappa shape index (κ2) is 4.45. The van der Waals surface area contributed by atoms with Crippen molar-refractivity contribution in [2.24, 2.45) is 14.1 Å². The van der Waals surface area contributed by atoms with Gasteiger partial charge in [-0.05, 0) is 0 Å². The van der Waals surface area contributed by atoms with Gasteiger partial charge in [-0.1, -0.05) is 22.5 Å². The zero-order valence-corrected chi connectivity index (χ0v) is 11.5. The molecule has 2 heterocycles. The van der Waals surface area contributed by atoms with E-state index in [-0.39, 0.29) is 0 Å². The van der Waals surface area contributed by atoms with Gasteiger partial charge in [0.2, 0.25) is 5.95 Å². The molecular weight excluding hydrogens is 302 g/mol. The Morgan fingerprint density at radius 2 is 2.11 bits per heavy atom. The molecule has 8 heteroatoms. The fourth-order valence-corrected chi connectivity index (χ4v) is 1.73. The van der Waals surface area contributed by atoms with Gasteiger partial charge in [0, 0.05) is 25.1 Å². The van der Waals surface area contributed by atoms with Crippen LogP contribution in [0.1, 0.15) is 0 Å². The first-order chi connectivity index (χ1) is 8.41. The summed E-state index contributed by atoms with van der Waals surface area (Å²) in [6.07, 6.45) is 0. The van der Waals surface area contributed by atoms with E-state index in [1.165, 1.54) is 11.6 Å². The van der Waals surface area contributed by atoms with Gasteiger partial charge >= 0.3 is 5.69 Å². The number of aromatic nitrogens is 4. The summed E-state index contributed by atoms with van der Waals surface area (Å²) in [5.41, 5.74) is -0.185. The fourth-order valence-electron chi connectivity index (χ4n) is 1.59. The molecule has 7 nitrogen and oxygen atoms in total. The van der Waals surface area contributed by atoms with E-state index in [2.05, 4.69) is 37.8 Å². The average Bonchev–Trinajstić information content (AvgIpc) is 2.75. The molecule has 0 aromatic carbocycles. The van der Waals surface area contributed by atoms with E-state index in [0.717, 1.165) is 9.05 Å². The van der Waals surface area contributed by atoms with Crippen LogP contribution in [0.2, 0.25) is 0 Å². The number of fused-ring (bicyclic) bond motifs is 1. The van der Waals surface area contributed by atoms with Gasteiger partial charge in [-0.2, -0.15) is 4.98 Å². The van der Waals surface area contributed by atoms with Gasteiger partial charge < -0.3 is 10.3 Å². The maximum absolute atomic E-state index is 11.9. The number of hydrogen-bond acceptors (Lipinski definition) is 4. The van der Waals surface area contributed by atoms with Crippen molar-refractivity contribution in [3.63, 3.8) is 0 Å². The average molecular weight is 314 g/mol. The van der Waals surface area contributed by atoms with Crippen LogP contribution in [-0.2, 0) is 14.1 Å². The lowest BCUT2D eigenvalue weighted by atomic mass is 10.5. The van der Waals surface area contributed by atoms with Crippen LogP contribution < -0.4 is 16.6 Å². The van der Waals surface area contributed by atoms with Crippen LogP contribution in [0.3, 0.4) is 0 Å². The van der Waals surface area contributed by atoms with Crippen molar-refractivity contribution in [3.8, 4) is 0 Å². The molecule has 18 heavy (non-hydrogen) atoms. The van der Waals surface area contributed by atoms with Crippen LogP contribution in [0.15, 0.2) is 20.7 Å². The van der Waals surface area contributed by atoms with Gasteiger partial charge in [-0.15, -0.1) is 0 Å². The Bertz CT molecular complexity index is 739. The molecule has 0 bridgehead atoms. The number of rotatable bonds is 3. The number of halogens is 1. The molecule has 2 aromatic heterocycles. The number of nitrogens with zero attached hydrogens (tertiary/aromatic N) is 3. The third-order valence-electron chi connectivity index (χ3n) is 2.54. The first-order valence-corrected chi connectivity index (χ1v) is 5.94. The quantitative estimate of drug-likeness (QED) is 0.852. The first kappa shape index (κ1) is 12.6. The van der Waals surface area contributed by atoms with Crippen LogP contribution in [0.4, 0.5) is 5.95 Å². The first-order valence-electron chi connectivity index (χ1n) is 5.14. The molecule has 0 saturated heterocycles. The molecule has 0 spiro atoms. The highest BCUT2D eigenvalue weighted by Gasteiger charge is 2.12. The molecule has 0 aliphatic heterocycles.